The molecule has 6 nitrogen and oxygen atoms in total. The minimum atomic E-state index is -0.450. The third kappa shape index (κ3) is 4.00. The van der Waals surface area contributed by atoms with E-state index in [-0.39, 0.29) is 6.09 Å². The number of ether oxygens (including phenoxy) is 1. The number of piperazine rings is 1. The number of carbonyl (C=O) groups excluding carboxylic acids is 1. The van der Waals surface area contributed by atoms with Crippen LogP contribution in [0.15, 0.2) is 18.3 Å². The van der Waals surface area contributed by atoms with Crippen molar-refractivity contribution in [2.24, 2.45) is 0 Å². The summed E-state index contributed by atoms with van der Waals surface area (Å²) in [4.78, 5) is 20.4. The van der Waals surface area contributed by atoms with E-state index < -0.39 is 5.60 Å². The number of anilines is 2. The van der Waals surface area contributed by atoms with Crippen LogP contribution in [-0.4, -0.2) is 54.8 Å². The lowest BCUT2D eigenvalue weighted by Gasteiger charge is -2.36. The minimum absolute atomic E-state index is 0.239. The van der Waals surface area contributed by atoms with Crippen LogP contribution in [0.5, 0.6) is 0 Å². The molecule has 21 heavy (non-hydrogen) atoms. The molecule has 1 N–H and O–H groups in total. The highest BCUT2D eigenvalue weighted by atomic mass is 16.6. The molecule has 1 saturated heterocycles. The highest BCUT2D eigenvalue weighted by Gasteiger charge is 2.26. The van der Waals surface area contributed by atoms with Gasteiger partial charge in [-0.15, -0.1) is 0 Å². The second kappa shape index (κ2) is 6.20. The van der Waals surface area contributed by atoms with Crippen molar-refractivity contribution < 1.29 is 9.53 Å². The van der Waals surface area contributed by atoms with Crippen molar-refractivity contribution in [3.63, 3.8) is 0 Å². The lowest BCUT2D eigenvalue weighted by atomic mass is 10.2. The first-order valence-corrected chi connectivity index (χ1v) is 7.26. The van der Waals surface area contributed by atoms with Crippen LogP contribution < -0.4 is 10.2 Å². The zero-order valence-electron chi connectivity index (χ0n) is 13.2. The molecular formula is C15H24N4O2. The predicted octanol–water partition coefficient (Wildman–Crippen LogP) is 2.18. The van der Waals surface area contributed by atoms with E-state index in [4.69, 9.17) is 4.74 Å². The lowest BCUT2D eigenvalue weighted by molar-refractivity contribution is 0.0240. The maximum Gasteiger partial charge on any atom is 0.410 e. The molecule has 1 aromatic heterocycles. The zero-order valence-corrected chi connectivity index (χ0v) is 13.2. The van der Waals surface area contributed by atoms with Gasteiger partial charge in [0.15, 0.2) is 5.82 Å². The zero-order chi connectivity index (χ0) is 15.5. The topological polar surface area (TPSA) is 57.7 Å². The number of hydrogen-bond donors (Lipinski definition) is 1. The predicted molar refractivity (Wildman–Crippen MR) is 83.8 cm³/mol. The van der Waals surface area contributed by atoms with Gasteiger partial charge in [0.25, 0.3) is 0 Å². The molecular weight excluding hydrogens is 268 g/mol. The fraction of sp³-hybridized carbons (Fsp3) is 0.600. The van der Waals surface area contributed by atoms with Crippen molar-refractivity contribution >= 4 is 17.6 Å². The van der Waals surface area contributed by atoms with E-state index in [0.29, 0.717) is 13.1 Å². The quantitative estimate of drug-likeness (QED) is 0.905. The summed E-state index contributed by atoms with van der Waals surface area (Å²) in [6, 6.07) is 3.91. The molecule has 0 saturated carbocycles. The summed E-state index contributed by atoms with van der Waals surface area (Å²) in [5, 5.41) is 3.15. The second-order valence-electron chi connectivity index (χ2n) is 6.08. The van der Waals surface area contributed by atoms with Gasteiger partial charge in [-0.1, -0.05) is 0 Å². The van der Waals surface area contributed by atoms with Gasteiger partial charge in [0.05, 0.1) is 5.69 Å². The number of pyridine rings is 1. The summed E-state index contributed by atoms with van der Waals surface area (Å²) in [6.45, 7) is 8.45. The van der Waals surface area contributed by atoms with E-state index in [1.54, 1.807) is 11.1 Å². The Hall–Kier alpha value is -1.98. The number of hydrogen-bond acceptors (Lipinski definition) is 5. The second-order valence-corrected chi connectivity index (χ2v) is 6.08. The van der Waals surface area contributed by atoms with Crippen LogP contribution in [0.1, 0.15) is 20.8 Å². The van der Waals surface area contributed by atoms with E-state index in [2.05, 4.69) is 15.2 Å². The highest BCUT2D eigenvalue weighted by molar-refractivity contribution is 5.69. The molecule has 0 bridgehead atoms. The van der Waals surface area contributed by atoms with Gasteiger partial charge in [-0.05, 0) is 32.9 Å². The Balaban J connectivity index is 1.96. The van der Waals surface area contributed by atoms with Crippen LogP contribution in [0.3, 0.4) is 0 Å². The van der Waals surface area contributed by atoms with Crippen LogP contribution >= 0.6 is 0 Å². The average molecular weight is 292 g/mol. The van der Waals surface area contributed by atoms with Crippen molar-refractivity contribution in [1.82, 2.24) is 9.88 Å². The Morgan fingerprint density at radius 2 is 1.95 bits per heavy atom. The molecule has 2 heterocycles. The Morgan fingerprint density at radius 3 is 2.52 bits per heavy atom. The standard InChI is InChI=1S/C15H24N4O2/c1-15(2,3)21-14(20)19-10-8-18(9-11-19)13-12(16-4)6-5-7-17-13/h5-7,16H,8-11H2,1-4H3. The Morgan fingerprint density at radius 1 is 1.29 bits per heavy atom. The van der Waals surface area contributed by atoms with Crippen LogP contribution in [0.25, 0.3) is 0 Å². The Bertz CT molecular complexity index is 491. The monoisotopic (exact) mass is 292 g/mol. The molecule has 2 rings (SSSR count). The number of aromatic nitrogens is 1. The minimum Gasteiger partial charge on any atom is -0.444 e. The van der Waals surface area contributed by atoms with Crippen LogP contribution in [0.4, 0.5) is 16.3 Å². The van der Waals surface area contributed by atoms with Gasteiger partial charge >= 0.3 is 6.09 Å². The first-order chi connectivity index (χ1) is 9.90. The molecule has 116 valence electrons. The van der Waals surface area contributed by atoms with Gasteiger partial charge in [0.1, 0.15) is 5.60 Å². The smallest absolute Gasteiger partial charge is 0.410 e. The molecule has 1 aromatic rings. The molecule has 1 amide bonds. The summed E-state index contributed by atoms with van der Waals surface area (Å²) >= 11 is 0. The van der Waals surface area contributed by atoms with Gasteiger partial charge in [0.2, 0.25) is 0 Å². The molecule has 0 aromatic carbocycles. The maximum atomic E-state index is 12.0. The molecule has 0 spiro atoms. The average Bonchev–Trinajstić information content (AvgIpc) is 2.45. The van der Waals surface area contributed by atoms with Crippen molar-refractivity contribution in [3.8, 4) is 0 Å². The number of amides is 1. The van der Waals surface area contributed by atoms with Crippen molar-refractivity contribution in [1.29, 1.82) is 0 Å². The third-order valence-electron chi connectivity index (χ3n) is 3.29. The first-order valence-electron chi connectivity index (χ1n) is 7.26. The van der Waals surface area contributed by atoms with E-state index in [0.717, 1.165) is 24.6 Å². The van der Waals surface area contributed by atoms with E-state index >= 15 is 0 Å². The molecule has 0 aliphatic carbocycles. The van der Waals surface area contributed by atoms with Gasteiger partial charge in [-0.25, -0.2) is 9.78 Å². The number of carbonyl (C=O) groups is 1. The number of rotatable bonds is 2. The van der Waals surface area contributed by atoms with Gasteiger partial charge < -0.3 is 19.9 Å². The fourth-order valence-corrected chi connectivity index (χ4v) is 2.27. The SMILES string of the molecule is CNc1cccnc1N1CCN(C(=O)OC(C)(C)C)CC1. The van der Waals surface area contributed by atoms with E-state index in [1.807, 2.05) is 40.0 Å². The van der Waals surface area contributed by atoms with Crippen molar-refractivity contribution in [2.75, 3.05) is 43.4 Å². The third-order valence-corrected chi connectivity index (χ3v) is 3.29. The summed E-state index contributed by atoms with van der Waals surface area (Å²) < 4.78 is 5.40. The summed E-state index contributed by atoms with van der Waals surface area (Å²) in [5.41, 5.74) is 0.553. The molecule has 1 fully saturated rings. The van der Waals surface area contributed by atoms with Crippen LogP contribution in [-0.2, 0) is 4.74 Å². The highest BCUT2D eigenvalue weighted by Crippen LogP contribution is 2.23. The molecule has 0 unspecified atom stereocenters. The fourth-order valence-electron chi connectivity index (χ4n) is 2.27. The normalized spacial score (nSPS) is 15.8. The lowest BCUT2D eigenvalue weighted by Crippen LogP contribution is -2.50. The molecule has 0 radical (unpaired) electrons. The Kier molecular flexibility index (Phi) is 4.55. The van der Waals surface area contributed by atoms with E-state index in [1.165, 1.54) is 0 Å². The summed E-state index contributed by atoms with van der Waals surface area (Å²) in [7, 11) is 1.89. The van der Waals surface area contributed by atoms with Crippen LogP contribution in [0.2, 0.25) is 0 Å². The molecule has 6 heteroatoms. The van der Waals surface area contributed by atoms with Crippen molar-refractivity contribution in [3.05, 3.63) is 18.3 Å². The van der Waals surface area contributed by atoms with E-state index in [9.17, 15) is 4.79 Å². The maximum absolute atomic E-state index is 12.0. The van der Waals surface area contributed by atoms with Crippen molar-refractivity contribution in [2.45, 2.75) is 26.4 Å². The van der Waals surface area contributed by atoms with Gasteiger partial charge in [-0.3, -0.25) is 0 Å². The van der Waals surface area contributed by atoms with Crippen LogP contribution in [0, 0.1) is 0 Å². The largest absolute Gasteiger partial charge is 0.444 e. The van der Waals surface area contributed by atoms with Gasteiger partial charge in [0, 0.05) is 39.4 Å². The molecule has 1 aliphatic rings. The summed E-state index contributed by atoms with van der Waals surface area (Å²) in [5.74, 6) is 0.934. The number of nitrogens with zero attached hydrogens (tertiary/aromatic N) is 3. The van der Waals surface area contributed by atoms with Gasteiger partial charge in [-0.2, -0.15) is 0 Å². The Labute approximate surface area is 126 Å². The molecule has 0 atom stereocenters. The first kappa shape index (κ1) is 15.4. The summed E-state index contributed by atoms with van der Waals surface area (Å²) in [6.07, 6.45) is 1.55. The molecule has 1 aliphatic heterocycles. The number of nitrogens with one attached hydrogen (secondary N) is 1.